The molecular formula is C21H21N3O3S. The number of hydrogen-bond acceptors (Lipinski definition) is 5. The lowest BCUT2D eigenvalue weighted by Gasteiger charge is -2.08. The fourth-order valence-corrected chi connectivity index (χ4v) is 3.71. The highest BCUT2D eigenvalue weighted by Crippen LogP contribution is 2.13. The van der Waals surface area contributed by atoms with E-state index in [1.807, 2.05) is 12.1 Å². The van der Waals surface area contributed by atoms with Gasteiger partial charge in [0.05, 0.1) is 4.90 Å². The second kappa shape index (κ2) is 9.34. The fourth-order valence-electron chi connectivity index (χ4n) is 2.69. The molecule has 0 unspecified atom stereocenters. The first-order valence-electron chi connectivity index (χ1n) is 8.91. The Labute approximate surface area is 164 Å². The van der Waals surface area contributed by atoms with Crippen LogP contribution in [0.1, 0.15) is 23.1 Å². The van der Waals surface area contributed by atoms with Crippen molar-refractivity contribution in [1.82, 2.24) is 14.7 Å². The first kappa shape index (κ1) is 19.9. The van der Waals surface area contributed by atoms with Crippen molar-refractivity contribution in [3.05, 3.63) is 90.0 Å². The van der Waals surface area contributed by atoms with E-state index in [0.29, 0.717) is 12.8 Å². The summed E-state index contributed by atoms with van der Waals surface area (Å²) in [5.41, 5.74) is 2.65. The van der Waals surface area contributed by atoms with Crippen LogP contribution in [0.5, 0.6) is 0 Å². The van der Waals surface area contributed by atoms with Crippen LogP contribution in [0, 0.1) is 0 Å². The van der Waals surface area contributed by atoms with Crippen LogP contribution in [-0.2, 0) is 34.2 Å². The molecular weight excluding hydrogens is 374 g/mol. The molecule has 0 aliphatic carbocycles. The second-order valence-electron chi connectivity index (χ2n) is 6.40. The number of sulfonamides is 1. The van der Waals surface area contributed by atoms with Gasteiger partial charge < -0.3 is 0 Å². The van der Waals surface area contributed by atoms with Gasteiger partial charge in [0.15, 0.2) is 0 Å². The number of aromatic nitrogens is 2. The molecule has 6 nitrogen and oxygen atoms in total. The van der Waals surface area contributed by atoms with Crippen LogP contribution < -0.4 is 4.72 Å². The highest BCUT2D eigenvalue weighted by atomic mass is 32.2. The summed E-state index contributed by atoms with van der Waals surface area (Å²) in [6.07, 6.45) is 8.05. The molecule has 0 spiro atoms. The molecule has 1 N–H and O–H groups in total. The predicted octanol–water partition coefficient (Wildman–Crippen LogP) is 2.70. The number of ketones is 1. The molecule has 3 aromatic rings. The number of nitrogens with one attached hydrogen (secondary N) is 1. The van der Waals surface area contributed by atoms with Crippen molar-refractivity contribution < 1.29 is 13.2 Å². The second-order valence-corrected chi connectivity index (χ2v) is 8.17. The number of benzene rings is 1. The van der Waals surface area contributed by atoms with Crippen molar-refractivity contribution in [2.24, 2.45) is 0 Å². The van der Waals surface area contributed by atoms with Gasteiger partial charge in [-0.2, -0.15) is 0 Å². The molecule has 0 fully saturated rings. The van der Waals surface area contributed by atoms with Crippen molar-refractivity contribution in [2.45, 2.75) is 30.7 Å². The van der Waals surface area contributed by atoms with Gasteiger partial charge in [0.2, 0.25) is 10.0 Å². The quantitative estimate of drug-likeness (QED) is 0.602. The van der Waals surface area contributed by atoms with Gasteiger partial charge in [0.1, 0.15) is 5.78 Å². The minimum Gasteiger partial charge on any atom is -0.299 e. The first-order valence-corrected chi connectivity index (χ1v) is 10.4. The average molecular weight is 395 g/mol. The molecule has 7 heteroatoms. The van der Waals surface area contributed by atoms with Crippen molar-refractivity contribution in [2.75, 3.05) is 0 Å². The summed E-state index contributed by atoms with van der Waals surface area (Å²) in [7, 11) is -3.61. The Morgan fingerprint density at radius 3 is 2.29 bits per heavy atom. The van der Waals surface area contributed by atoms with Gasteiger partial charge in [-0.1, -0.05) is 18.2 Å². The minimum absolute atomic E-state index is 0.107. The van der Waals surface area contributed by atoms with Crippen LogP contribution in [0.4, 0.5) is 0 Å². The maximum absolute atomic E-state index is 12.4. The molecule has 2 heterocycles. The normalized spacial score (nSPS) is 11.3. The SMILES string of the molecule is O=C(CCc1cccnc1)Cc1ccc(S(=O)(=O)NCc2ccncc2)cc1. The third-order valence-electron chi connectivity index (χ3n) is 4.27. The Kier molecular flexibility index (Phi) is 6.62. The maximum atomic E-state index is 12.4. The van der Waals surface area contributed by atoms with E-state index in [1.54, 1.807) is 49.1 Å². The summed E-state index contributed by atoms with van der Waals surface area (Å²) in [6.45, 7) is 0.194. The number of aryl methyl sites for hydroxylation is 1. The summed E-state index contributed by atoms with van der Waals surface area (Å²) in [4.78, 5) is 20.3. The number of hydrogen-bond donors (Lipinski definition) is 1. The van der Waals surface area contributed by atoms with Crippen LogP contribution in [0.25, 0.3) is 0 Å². The minimum atomic E-state index is -3.61. The molecule has 3 rings (SSSR count). The molecule has 0 saturated carbocycles. The van der Waals surface area contributed by atoms with Crippen molar-refractivity contribution in [3.8, 4) is 0 Å². The Morgan fingerprint density at radius 1 is 0.857 bits per heavy atom. The van der Waals surface area contributed by atoms with E-state index in [1.165, 1.54) is 12.1 Å². The standard InChI is InChI=1S/C21H21N3O3S/c25-20(6-3-18-2-1-11-23-15-18)14-17-4-7-21(8-5-17)28(26,27)24-16-19-9-12-22-13-10-19/h1-2,4-5,7-13,15,24H,3,6,14,16H2. The number of carbonyl (C=O) groups is 1. The Morgan fingerprint density at radius 2 is 1.61 bits per heavy atom. The summed E-state index contributed by atoms with van der Waals surface area (Å²) in [5, 5.41) is 0. The zero-order chi connectivity index (χ0) is 19.8. The predicted molar refractivity (Wildman–Crippen MR) is 106 cm³/mol. The van der Waals surface area contributed by atoms with Crippen LogP contribution in [-0.4, -0.2) is 24.2 Å². The highest BCUT2D eigenvalue weighted by Gasteiger charge is 2.14. The van der Waals surface area contributed by atoms with Gasteiger partial charge in [-0.05, 0) is 53.4 Å². The molecule has 0 amide bonds. The van der Waals surface area contributed by atoms with Gasteiger partial charge >= 0.3 is 0 Å². The summed E-state index contributed by atoms with van der Waals surface area (Å²) >= 11 is 0. The molecule has 144 valence electrons. The average Bonchev–Trinajstić information content (AvgIpc) is 2.73. The van der Waals surface area contributed by atoms with E-state index in [9.17, 15) is 13.2 Å². The van der Waals surface area contributed by atoms with Crippen molar-refractivity contribution >= 4 is 15.8 Å². The monoisotopic (exact) mass is 395 g/mol. The molecule has 2 aromatic heterocycles. The van der Waals surface area contributed by atoms with Crippen molar-refractivity contribution in [1.29, 1.82) is 0 Å². The highest BCUT2D eigenvalue weighted by molar-refractivity contribution is 7.89. The topological polar surface area (TPSA) is 89.0 Å². The fraction of sp³-hybridized carbons (Fsp3) is 0.190. The number of pyridine rings is 2. The van der Waals surface area contributed by atoms with Crippen LogP contribution in [0.3, 0.4) is 0 Å². The summed E-state index contributed by atoms with van der Waals surface area (Å²) in [6, 6.07) is 13.7. The Bertz CT molecular complexity index is 1010. The van der Waals surface area contributed by atoms with E-state index < -0.39 is 10.0 Å². The van der Waals surface area contributed by atoms with Gasteiger partial charge in [-0.15, -0.1) is 0 Å². The smallest absolute Gasteiger partial charge is 0.240 e. The number of Topliss-reactive ketones (excluding diaryl/α,β-unsaturated/α-hetero) is 1. The van der Waals surface area contributed by atoms with Gasteiger partial charge in [0, 0.05) is 44.2 Å². The molecule has 0 bridgehead atoms. The Balaban J connectivity index is 1.54. The molecule has 0 aliphatic heterocycles. The van der Waals surface area contributed by atoms with E-state index in [-0.39, 0.29) is 23.6 Å². The zero-order valence-corrected chi connectivity index (χ0v) is 16.1. The lowest BCUT2D eigenvalue weighted by atomic mass is 10.0. The van der Waals surface area contributed by atoms with E-state index in [2.05, 4.69) is 14.7 Å². The summed E-state index contributed by atoms with van der Waals surface area (Å²) < 4.78 is 27.4. The largest absolute Gasteiger partial charge is 0.299 e. The Hall–Kier alpha value is -2.90. The molecule has 0 radical (unpaired) electrons. The van der Waals surface area contributed by atoms with E-state index >= 15 is 0 Å². The van der Waals surface area contributed by atoms with E-state index in [4.69, 9.17) is 0 Å². The van der Waals surface area contributed by atoms with Crippen LogP contribution >= 0.6 is 0 Å². The molecule has 0 aliphatic rings. The van der Waals surface area contributed by atoms with Crippen LogP contribution in [0.2, 0.25) is 0 Å². The number of rotatable bonds is 9. The first-order chi connectivity index (χ1) is 13.5. The van der Waals surface area contributed by atoms with Crippen molar-refractivity contribution in [3.63, 3.8) is 0 Å². The molecule has 1 aromatic carbocycles. The molecule has 0 atom stereocenters. The zero-order valence-electron chi connectivity index (χ0n) is 15.3. The summed E-state index contributed by atoms with van der Waals surface area (Å²) in [5.74, 6) is 0.107. The third kappa shape index (κ3) is 5.80. The molecule has 28 heavy (non-hydrogen) atoms. The third-order valence-corrected chi connectivity index (χ3v) is 5.68. The van der Waals surface area contributed by atoms with Crippen LogP contribution in [0.15, 0.2) is 78.2 Å². The van der Waals surface area contributed by atoms with Gasteiger partial charge in [-0.25, -0.2) is 13.1 Å². The van der Waals surface area contributed by atoms with E-state index in [0.717, 1.165) is 16.7 Å². The molecule has 0 saturated heterocycles. The lowest BCUT2D eigenvalue weighted by Crippen LogP contribution is -2.23. The number of nitrogens with zero attached hydrogens (tertiary/aromatic N) is 2. The van der Waals surface area contributed by atoms with Gasteiger partial charge in [0.25, 0.3) is 0 Å². The lowest BCUT2D eigenvalue weighted by molar-refractivity contribution is -0.118. The van der Waals surface area contributed by atoms with Gasteiger partial charge in [-0.3, -0.25) is 14.8 Å². The maximum Gasteiger partial charge on any atom is 0.240 e. The number of carbonyl (C=O) groups excluding carboxylic acids is 1.